The minimum atomic E-state index is 0.0235. The zero-order valence-corrected chi connectivity index (χ0v) is 14.4. The molecule has 1 fully saturated rings. The van der Waals surface area contributed by atoms with Crippen molar-refractivity contribution < 1.29 is 9.59 Å². The fourth-order valence-electron chi connectivity index (χ4n) is 2.80. The molecule has 1 aliphatic heterocycles. The SMILES string of the molecule is CC(=O)c1cccc(Nc2cc(N3CCN(C(C)=O)CC3)ncn2)c1. The van der Waals surface area contributed by atoms with E-state index in [1.165, 1.54) is 6.33 Å². The van der Waals surface area contributed by atoms with Crippen LogP contribution in [0.4, 0.5) is 17.3 Å². The highest BCUT2D eigenvalue weighted by Crippen LogP contribution is 2.20. The van der Waals surface area contributed by atoms with Crippen LogP contribution in [0.2, 0.25) is 0 Å². The molecule has 0 radical (unpaired) electrons. The summed E-state index contributed by atoms with van der Waals surface area (Å²) in [5.74, 6) is 1.62. The number of Topliss-reactive ketones (excluding diaryl/α,β-unsaturated/α-hetero) is 1. The molecule has 0 aliphatic carbocycles. The van der Waals surface area contributed by atoms with Gasteiger partial charge in [0.1, 0.15) is 18.0 Å². The van der Waals surface area contributed by atoms with Crippen molar-refractivity contribution in [1.29, 1.82) is 0 Å². The number of nitrogens with one attached hydrogen (secondary N) is 1. The summed E-state index contributed by atoms with van der Waals surface area (Å²) in [7, 11) is 0. The van der Waals surface area contributed by atoms with Crippen LogP contribution >= 0.6 is 0 Å². The summed E-state index contributed by atoms with van der Waals surface area (Å²) < 4.78 is 0. The Kier molecular flexibility index (Phi) is 4.92. The first-order valence-corrected chi connectivity index (χ1v) is 8.23. The highest BCUT2D eigenvalue weighted by molar-refractivity contribution is 5.95. The van der Waals surface area contributed by atoms with Crippen LogP contribution in [0, 0.1) is 0 Å². The molecule has 1 aromatic carbocycles. The van der Waals surface area contributed by atoms with E-state index in [-0.39, 0.29) is 11.7 Å². The number of rotatable bonds is 4. The molecule has 2 aromatic rings. The number of anilines is 3. The molecule has 0 unspecified atom stereocenters. The number of carbonyl (C=O) groups is 2. The van der Waals surface area contributed by atoms with E-state index in [0.29, 0.717) is 24.5 Å². The molecule has 0 spiro atoms. The van der Waals surface area contributed by atoms with Crippen molar-refractivity contribution in [3.63, 3.8) is 0 Å². The Morgan fingerprint density at radius 3 is 2.48 bits per heavy atom. The summed E-state index contributed by atoms with van der Waals surface area (Å²) in [6.07, 6.45) is 1.52. The number of hydrogen-bond donors (Lipinski definition) is 1. The van der Waals surface area contributed by atoms with Crippen LogP contribution in [-0.4, -0.2) is 52.7 Å². The van der Waals surface area contributed by atoms with Crippen LogP contribution < -0.4 is 10.2 Å². The molecule has 7 heteroatoms. The van der Waals surface area contributed by atoms with Crippen LogP contribution in [0.3, 0.4) is 0 Å². The third-order valence-corrected chi connectivity index (χ3v) is 4.24. The van der Waals surface area contributed by atoms with E-state index in [1.54, 1.807) is 26.0 Å². The lowest BCUT2D eigenvalue weighted by atomic mass is 10.1. The van der Waals surface area contributed by atoms with Gasteiger partial charge in [0.05, 0.1) is 0 Å². The molecular formula is C18H21N5O2. The molecule has 1 N–H and O–H groups in total. The van der Waals surface area contributed by atoms with E-state index < -0.39 is 0 Å². The van der Waals surface area contributed by atoms with Gasteiger partial charge in [-0.1, -0.05) is 12.1 Å². The number of hydrogen-bond acceptors (Lipinski definition) is 6. The summed E-state index contributed by atoms with van der Waals surface area (Å²) in [5, 5.41) is 3.21. The Labute approximate surface area is 146 Å². The third-order valence-electron chi connectivity index (χ3n) is 4.24. The Hall–Kier alpha value is -2.96. The van der Waals surface area contributed by atoms with Crippen molar-refractivity contribution in [2.45, 2.75) is 13.8 Å². The maximum Gasteiger partial charge on any atom is 0.219 e. The molecular weight excluding hydrogens is 318 g/mol. The van der Waals surface area contributed by atoms with Crippen molar-refractivity contribution >= 4 is 29.0 Å². The smallest absolute Gasteiger partial charge is 0.219 e. The molecule has 3 rings (SSSR count). The lowest BCUT2D eigenvalue weighted by Crippen LogP contribution is -2.48. The standard InChI is InChI=1S/C18H21N5O2/c1-13(24)15-4-3-5-16(10-15)21-17-11-18(20-12-19-17)23-8-6-22(7-9-23)14(2)25/h3-5,10-12H,6-9H2,1-2H3,(H,19,20,21). The molecule has 0 bridgehead atoms. The van der Waals surface area contributed by atoms with Crippen molar-refractivity contribution in [2.75, 3.05) is 36.4 Å². The first-order chi connectivity index (χ1) is 12.0. The number of benzene rings is 1. The van der Waals surface area contributed by atoms with Crippen molar-refractivity contribution in [3.05, 3.63) is 42.2 Å². The van der Waals surface area contributed by atoms with Crippen LogP contribution in [-0.2, 0) is 4.79 Å². The maximum absolute atomic E-state index is 11.5. The summed E-state index contributed by atoms with van der Waals surface area (Å²) in [4.78, 5) is 35.5. The number of amides is 1. The fourth-order valence-corrected chi connectivity index (χ4v) is 2.80. The average Bonchev–Trinajstić information content (AvgIpc) is 2.62. The zero-order chi connectivity index (χ0) is 17.8. The lowest BCUT2D eigenvalue weighted by molar-refractivity contribution is -0.129. The molecule has 1 amide bonds. The fraction of sp³-hybridized carbons (Fsp3) is 0.333. The Morgan fingerprint density at radius 1 is 1.04 bits per heavy atom. The van der Waals surface area contributed by atoms with E-state index in [4.69, 9.17) is 0 Å². The molecule has 2 heterocycles. The summed E-state index contributed by atoms with van der Waals surface area (Å²) >= 11 is 0. The highest BCUT2D eigenvalue weighted by atomic mass is 16.2. The van der Waals surface area contributed by atoms with E-state index in [2.05, 4.69) is 20.2 Å². The van der Waals surface area contributed by atoms with E-state index in [9.17, 15) is 9.59 Å². The molecule has 1 saturated heterocycles. The van der Waals surface area contributed by atoms with Crippen LogP contribution in [0.5, 0.6) is 0 Å². The zero-order valence-electron chi connectivity index (χ0n) is 14.4. The number of piperazine rings is 1. The van der Waals surface area contributed by atoms with Gasteiger partial charge in [0.15, 0.2) is 5.78 Å². The first-order valence-electron chi connectivity index (χ1n) is 8.23. The van der Waals surface area contributed by atoms with Gasteiger partial charge in [-0.3, -0.25) is 9.59 Å². The van der Waals surface area contributed by atoms with E-state index in [1.807, 2.05) is 23.1 Å². The van der Waals surface area contributed by atoms with Crippen LogP contribution in [0.25, 0.3) is 0 Å². The van der Waals surface area contributed by atoms with Gasteiger partial charge in [0.25, 0.3) is 0 Å². The highest BCUT2D eigenvalue weighted by Gasteiger charge is 2.19. The van der Waals surface area contributed by atoms with E-state index in [0.717, 1.165) is 24.6 Å². The van der Waals surface area contributed by atoms with Gasteiger partial charge in [-0.2, -0.15) is 0 Å². The Morgan fingerprint density at radius 2 is 1.80 bits per heavy atom. The van der Waals surface area contributed by atoms with Gasteiger partial charge < -0.3 is 15.1 Å². The monoisotopic (exact) mass is 339 g/mol. The number of nitrogens with zero attached hydrogens (tertiary/aromatic N) is 4. The molecule has 1 aromatic heterocycles. The number of carbonyl (C=O) groups excluding carboxylic acids is 2. The van der Waals surface area contributed by atoms with Gasteiger partial charge in [0, 0.05) is 50.4 Å². The number of aromatic nitrogens is 2. The van der Waals surface area contributed by atoms with Crippen LogP contribution in [0.1, 0.15) is 24.2 Å². The predicted molar refractivity (Wildman–Crippen MR) is 96.2 cm³/mol. The lowest BCUT2D eigenvalue weighted by Gasteiger charge is -2.34. The normalized spacial score (nSPS) is 14.3. The quantitative estimate of drug-likeness (QED) is 0.860. The second kappa shape index (κ2) is 7.29. The van der Waals surface area contributed by atoms with Crippen molar-refractivity contribution in [3.8, 4) is 0 Å². The Balaban J connectivity index is 1.71. The third kappa shape index (κ3) is 4.12. The van der Waals surface area contributed by atoms with Gasteiger partial charge in [0.2, 0.25) is 5.91 Å². The molecule has 7 nitrogen and oxygen atoms in total. The van der Waals surface area contributed by atoms with Gasteiger partial charge in [-0.15, -0.1) is 0 Å². The minimum absolute atomic E-state index is 0.0235. The van der Waals surface area contributed by atoms with E-state index >= 15 is 0 Å². The molecule has 25 heavy (non-hydrogen) atoms. The predicted octanol–water partition coefficient (Wildman–Crippen LogP) is 2.09. The summed E-state index contributed by atoms with van der Waals surface area (Å²) in [6.45, 7) is 6.03. The molecule has 1 aliphatic rings. The van der Waals surface area contributed by atoms with Gasteiger partial charge in [-0.05, 0) is 19.1 Å². The average molecular weight is 339 g/mol. The van der Waals surface area contributed by atoms with Crippen LogP contribution in [0.15, 0.2) is 36.7 Å². The second-order valence-electron chi connectivity index (χ2n) is 6.02. The summed E-state index contributed by atoms with van der Waals surface area (Å²) in [5.41, 5.74) is 1.46. The number of ketones is 1. The maximum atomic E-state index is 11.5. The molecule has 0 atom stereocenters. The largest absolute Gasteiger partial charge is 0.353 e. The second-order valence-corrected chi connectivity index (χ2v) is 6.02. The van der Waals surface area contributed by atoms with Crippen molar-refractivity contribution in [2.24, 2.45) is 0 Å². The Bertz CT molecular complexity index is 785. The topological polar surface area (TPSA) is 78.4 Å². The summed E-state index contributed by atoms with van der Waals surface area (Å²) in [6, 6.07) is 9.19. The van der Waals surface area contributed by atoms with Gasteiger partial charge in [-0.25, -0.2) is 9.97 Å². The molecule has 130 valence electrons. The molecule has 0 saturated carbocycles. The van der Waals surface area contributed by atoms with Gasteiger partial charge >= 0.3 is 0 Å². The first kappa shape index (κ1) is 16.9. The minimum Gasteiger partial charge on any atom is -0.353 e. The van der Waals surface area contributed by atoms with Crippen molar-refractivity contribution in [1.82, 2.24) is 14.9 Å².